The number of hydrogen-bond donors (Lipinski definition) is 1. The minimum absolute atomic E-state index is 0.232. The Labute approximate surface area is 134 Å². The number of benzene rings is 1. The molecule has 2 rings (SSSR count). The third-order valence-corrected chi connectivity index (χ3v) is 4.19. The lowest BCUT2D eigenvalue weighted by atomic mass is 10.1. The minimum Gasteiger partial charge on any atom is -0.493 e. The van der Waals surface area contributed by atoms with Crippen molar-refractivity contribution in [2.24, 2.45) is 0 Å². The number of methoxy groups -OCH3 is 1. The van der Waals surface area contributed by atoms with Crippen molar-refractivity contribution in [1.29, 1.82) is 0 Å². The average Bonchev–Trinajstić information content (AvgIpc) is 2.92. The summed E-state index contributed by atoms with van der Waals surface area (Å²) in [4.78, 5) is 2.47. The van der Waals surface area contributed by atoms with Gasteiger partial charge >= 0.3 is 0 Å². The molecule has 2 unspecified atom stereocenters. The van der Waals surface area contributed by atoms with E-state index in [-0.39, 0.29) is 6.10 Å². The van der Waals surface area contributed by atoms with Crippen LogP contribution in [0.5, 0.6) is 11.5 Å². The Morgan fingerprint density at radius 2 is 2.18 bits per heavy atom. The highest BCUT2D eigenvalue weighted by Gasteiger charge is 2.25. The van der Waals surface area contributed by atoms with E-state index >= 15 is 0 Å². The van der Waals surface area contributed by atoms with Crippen molar-refractivity contribution < 1.29 is 14.6 Å². The number of hydrogen-bond acceptors (Lipinski definition) is 4. The fourth-order valence-corrected chi connectivity index (χ4v) is 3.14. The fraction of sp³-hybridized carbons (Fsp3) is 0.667. The Morgan fingerprint density at radius 3 is 2.86 bits per heavy atom. The van der Waals surface area contributed by atoms with Crippen molar-refractivity contribution in [3.63, 3.8) is 0 Å². The summed E-state index contributed by atoms with van der Waals surface area (Å²) in [7, 11) is 1.68. The van der Waals surface area contributed by atoms with Gasteiger partial charge in [0.25, 0.3) is 0 Å². The molecule has 2 atom stereocenters. The average molecular weight is 307 g/mol. The van der Waals surface area contributed by atoms with E-state index in [1.54, 1.807) is 7.11 Å². The topological polar surface area (TPSA) is 41.9 Å². The molecule has 1 saturated heterocycles. The van der Waals surface area contributed by atoms with Crippen LogP contribution < -0.4 is 9.47 Å². The maximum absolute atomic E-state index is 9.63. The van der Waals surface area contributed by atoms with Crippen LogP contribution >= 0.6 is 0 Å². The number of likely N-dealkylation sites (tertiary alicyclic amines) is 1. The molecule has 0 radical (unpaired) electrons. The van der Waals surface area contributed by atoms with Gasteiger partial charge in [-0.15, -0.1) is 0 Å². The SMILES string of the molecule is CCCOc1ccc(CN2CCCC2CC(C)O)cc1OC. The highest BCUT2D eigenvalue weighted by atomic mass is 16.5. The van der Waals surface area contributed by atoms with E-state index in [1.807, 2.05) is 13.0 Å². The van der Waals surface area contributed by atoms with Crippen molar-refractivity contribution >= 4 is 0 Å². The van der Waals surface area contributed by atoms with E-state index in [4.69, 9.17) is 9.47 Å². The molecule has 1 fully saturated rings. The van der Waals surface area contributed by atoms with Gasteiger partial charge in [-0.05, 0) is 56.8 Å². The standard InChI is InChI=1S/C18H29NO3/c1-4-10-22-17-8-7-15(12-18(17)21-3)13-19-9-5-6-16(19)11-14(2)20/h7-8,12,14,16,20H,4-6,9-11,13H2,1-3H3. The van der Waals surface area contributed by atoms with Gasteiger partial charge in [-0.2, -0.15) is 0 Å². The molecule has 4 nitrogen and oxygen atoms in total. The van der Waals surface area contributed by atoms with E-state index in [0.29, 0.717) is 12.6 Å². The van der Waals surface area contributed by atoms with Crippen LogP contribution in [0.15, 0.2) is 18.2 Å². The van der Waals surface area contributed by atoms with E-state index in [0.717, 1.165) is 37.4 Å². The van der Waals surface area contributed by atoms with Crippen molar-refractivity contribution in [2.45, 2.75) is 58.2 Å². The van der Waals surface area contributed by atoms with Gasteiger partial charge in [-0.1, -0.05) is 13.0 Å². The molecule has 0 amide bonds. The van der Waals surface area contributed by atoms with E-state index in [1.165, 1.54) is 18.4 Å². The Hall–Kier alpha value is -1.26. The quantitative estimate of drug-likeness (QED) is 0.801. The summed E-state index contributed by atoms with van der Waals surface area (Å²) < 4.78 is 11.2. The number of nitrogens with zero attached hydrogens (tertiary/aromatic N) is 1. The van der Waals surface area contributed by atoms with Crippen LogP contribution in [0.2, 0.25) is 0 Å². The van der Waals surface area contributed by atoms with E-state index < -0.39 is 0 Å². The van der Waals surface area contributed by atoms with Crippen molar-refractivity contribution in [3.8, 4) is 11.5 Å². The molecule has 22 heavy (non-hydrogen) atoms. The lowest BCUT2D eigenvalue weighted by Gasteiger charge is -2.25. The Balaban J connectivity index is 2.02. The molecule has 0 saturated carbocycles. The van der Waals surface area contributed by atoms with Crippen LogP contribution in [-0.2, 0) is 6.54 Å². The Bertz CT molecular complexity index is 462. The van der Waals surface area contributed by atoms with Crippen LogP contribution in [0.3, 0.4) is 0 Å². The van der Waals surface area contributed by atoms with Gasteiger partial charge in [0.2, 0.25) is 0 Å². The lowest BCUT2D eigenvalue weighted by Crippen LogP contribution is -2.31. The van der Waals surface area contributed by atoms with Crippen LogP contribution in [0.4, 0.5) is 0 Å². The Kier molecular flexibility index (Phi) is 6.52. The largest absolute Gasteiger partial charge is 0.493 e. The molecule has 1 aliphatic rings. The maximum atomic E-state index is 9.63. The predicted octanol–water partition coefficient (Wildman–Crippen LogP) is 3.22. The first-order chi connectivity index (χ1) is 10.6. The fourth-order valence-electron chi connectivity index (χ4n) is 3.14. The summed E-state index contributed by atoms with van der Waals surface area (Å²) in [6.07, 6.45) is 4.01. The molecule has 0 aromatic heterocycles. The minimum atomic E-state index is -0.232. The lowest BCUT2D eigenvalue weighted by molar-refractivity contribution is 0.130. The third kappa shape index (κ3) is 4.62. The predicted molar refractivity (Wildman–Crippen MR) is 88.5 cm³/mol. The summed E-state index contributed by atoms with van der Waals surface area (Å²) in [5, 5.41) is 9.63. The summed E-state index contributed by atoms with van der Waals surface area (Å²) in [6.45, 7) is 6.68. The van der Waals surface area contributed by atoms with Crippen molar-refractivity contribution in [3.05, 3.63) is 23.8 Å². The second kappa shape index (κ2) is 8.39. The summed E-state index contributed by atoms with van der Waals surface area (Å²) >= 11 is 0. The van der Waals surface area contributed by atoms with Crippen molar-refractivity contribution in [1.82, 2.24) is 4.90 Å². The third-order valence-electron chi connectivity index (χ3n) is 4.19. The smallest absolute Gasteiger partial charge is 0.161 e. The summed E-state index contributed by atoms with van der Waals surface area (Å²) in [5.41, 5.74) is 1.23. The monoisotopic (exact) mass is 307 g/mol. The van der Waals surface area contributed by atoms with Crippen LogP contribution in [0, 0.1) is 0 Å². The van der Waals surface area contributed by atoms with Crippen molar-refractivity contribution in [2.75, 3.05) is 20.3 Å². The summed E-state index contributed by atoms with van der Waals surface area (Å²) in [5.74, 6) is 1.62. The van der Waals surface area contributed by atoms with Gasteiger partial charge in [0.1, 0.15) is 0 Å². The number of aliphatic hydroxyl groups excluding tert-OH is 1. The molecule has 1 N–H and O–H groups in total. The Morgan fingerprint density at radius 1 is 1.36 bits per heavy atom. The zero-order chi connectivity index (χ0) is 15.9. The molecule has 0 aliphatic carbocycles. The molecule has 1 heterocycles. The number of aliphatic hydroxyl groups is 1. The molecule has 1 aromatic rings. The molecule has 0 spiro atoms. The first-order valence-electron chi connectivity index (χ1n) is 8.35. The molecule has 124 valence electrons. The first-order valence-corrected chi connectivity index (χ1v) is 8.35. The van der Waals surface area contributed by atoms with Crippen LogP contribution in [-0.4, -0.2) is 42.4 Å². The van der Waals surface area contributed by atoms with Gasteiger partial charge < -0.3 is 14.6 Å². The molecule has 4 heteroatoms. The van der Waals surface area contributed by atoms with E-state index in [9.17, 15) is 5.11 Å². The number of ether oxygens (including phenoxy) is 2. The second-order valence-electron chi connectivity index (χ2n) is 6.18. The molecular weight excluding hydrogens is 278 g/mol. The van der Waals surface area contributed by atoms with Crippen LogP contribution in [0.1, 0.15) is 45.1 Å². The number of rotatable bonds is 8. The molecule has 0 bridgehead atoms. The normalized spacial score (nSPS) is 20.1. The molecule has 1 aromatic carbocycles. The zero-order valence-electron chi connectivity index (χ0n) is 14.0. The van der Waals surface area contributed by atoms with Crippen LogP contribution in [0.25, 0.3) is 0 Å². The van der Waals surface area contributed by atoms with E-state index in [2.05, 4.69) is 24.0 Å². The highest BCUT2D eigenvalue weighted by molar-refractivity contribution is 5.43. The van der Waals surface area contributed by atoms with Gasteiger partial charge in [-0.3, -0.25) is 4.90 Å². The van der Waals surface area contributed by atoms with Gasteiger partial charge in [0.15, 0.2) is 11.5 Å². The van der Waals surface area contributed by atoms with Gasteiger partial charge in [0.05, 0.1) is 19.8 Å². The summed E-state index contributed by atoms with van der Waals surface area (Å²) in [6, 6.07) is 6.68. The maximum Gasteiger partial charge on any atom is 0.161 e. The molecule has 1 aliphatic heterocycles. The van der Waals surface area contributed by atoms with Gasteiger partial charge in [0, 0.05) is 12.6 Å². The first kappa shape index (κ1) is 17.1. The van der Waals surface area contributed by atoms with Gasteiger partial charge in [-0.25, -0.2) is 0 Å². The molecular formula is C18H29NO3. The second-order valence-corrected chi connectivity index (χ2v) is 6.18. The highest BCUT2D eigenvalue weighted by Crippen LogP contribution is 2.30. The zero-order valence-corrected chi connectivity index (χ0v) is 14.0.